The van der Waals surface area contributed by atoms with Crippen molar-refractivity contribution in [3.63, 3.8) is 0 Å². The average molecular weight is 435 g/mol. The minimum Gasteiger partial charge on any atom is -0.308 e. The lowest BCUT2D eigenvalue weighted by Crippen LogP contribution is -2.35. The van der Waals surface area contributed by atoms with Gasteiger partial charge in [0, 0.05) is 29.0 Å². The van der Waals surface area contributed by atoms with Crippen LogP contribution in [-0.2, 0) is 16.4 Å². The Labute approximate surface area is 181 Å². The number of carbonyl (C=O) groups excluding carboxylic acids is 2. The lowest BCUT2D eigenvalue weighted by atomic mass is 10.0. The molecule has 1 aliphatic heterocycles. The van der Waals surface area contributed by atoms with E-state index in [2.05, 4.69) is 4.72 Å². The lowest BCUT2D eigenvalue weighted by Gasteiger charge is -2.30. The van der Waals surface area contributed by atoms with Gasteiger partial charge in [0.1, 0.15) is 0 Å². The van der Waals surface area contributed by atoms with E-state index in [9.17, 15) is 18.0 Å². The molecule has 6 nitrogen and oxygen atoms in total. The summed E-state index contributed by atoms with van der Waals surface area (Å²) >= 11 is 0. The molecule has 1 amide bonds. The predicted octanol–water partition coefficient (Wildman–Crippen LogP) is 4.28. The molecule has 0 fully saturated rings. The largest absolute Gasteiger partial charge is 0.308 e. The number of fused-ring (bicyclic) bond motifs is 1. The number of nitrogens with zero attached hydrogens (tertiary/aromatic N) is 1. The molecule has 158 valence electrons. The van der Waals surface area contributed by atoms with Crippen molar-refractivity contribution >= 4 is 33.1 Å². The Balaban J connectivity index is 1.62. The van der Waals surface area contributed by atoms with E-state index in [0.29, 0.717) is 29.8 Å². The van der Waals surface area contributed by atoms with Crippen LogP contribution in [0.3, 0.4) is 0 Å². The highest BCUT2D eigenvalue weighted by molar-refractivity contribution is 7.92. The number of benzene rings is 3. The molecule has 0 spiro atoms. The fourth-order valence-corrected chi connectivity index (χ4v) is 4.80. The maximum atomic E-state index is 12.9. The van der Waals surface area contributed by atoms with Crippen molar-refractivity contribution < 1.29 is 18.0 Å². The van der Waals surface area contributed by atoms with Gasteiger partial charge in [-0.05, 0) is 67.8 Å². The molecule has 1 aliphatic rings. The Bertz CT molecular complexity index is 1250. The van der Waals surface area contributed by atoms with Gasteiger partial charge in [0.15, 0.2) is 5.78 Å². The summed E-state index contributed by atoms with van der Waals surface area (Å²) in [6, 6.07) is 20.2. The summed E-state index contributed by atoms with van der Waals surface area (Å²) in [5.74, 6) is -0.241. The first-order chi connectivity index (χ1) is 14.8. The summed E-state index contributed by atoms with van der Waals surface area (Å²) in [6.45, 7) is 2.02. The molecule has 3 aromatic carbocycles. The maximum absolute atomic E-state index is 12.9. The molecule has 0 saturated heterocycles. The SMILES string of the molecule is CC(=O)c1cccc(NS(=O)(=O)c2ccc3c(c2)CCCN3C(=O)c2ccccc2)c1. The van der Waals surface area contributed by atoms with Crippen molar-refractivity contribution in [2.45, 2.75) is 24.7 Å². The van der Waals surface area contributed by atoms with E-state index in [4.69, 9.17) is 0 Å². The van der Waals surface area contributed by atoms with Crippen LogP contribution in [-0.4, -0.2) is 26.7 Å². The van der Waals surface area contributed by atoms with Gasteiger partial charge in [-0.15, -0.1) is 0 Å². The number of hydrogen-bond acceptors (Lipinski definition) is 4. The molecule has 0 saturated carbocycles. The molecule has 1 heterocycles. The second-order valence-corrected chi connectivity index (χ2v) is 9.14. The number of ketones is 1. The summed E-state index contributed by atoms with van der Waals surface area (Å²) in [5, 5.41) is 0. The number of nitrogens with one attached hydrogen (secondary N) is 1. The Hall–Kier alpha value is -3.45. The Morgan fingerprint density at radius 2 is 1.65 bits per heavy atom. The molecule has 0 bridgehead atoms. The lowest BCUT2D eigenvalue weighted by molar-refractivity contribution is 0.0983. The van der Waals surface area contributed by atoms with Gasteiger partial charge in [0.05, 0.1) is 4.90 Å². The predicted molar refractivity (Wildman–Crippen MR) is 120 cm³/mol. The Kier molecular flexibility index (Phi) is 5.61. The monoisotopic (exact) mass is 434 g/mol. The van der Waals surface area contributed by atoms with Gasteiger partial charge >= 0.3 is 0 Å². The van der Waals surface area contributed by atoms with E-state index in [1.807, 2.05) is 18.2 Å². The van der Waals surface area contributed by atoms with E-state index in [1.165, 1.54) is 19.1 Å². The summed E-state index contributed by atoms with van der Waals surface area (Å²) in [5.41, 5.74) is 2.90. The highest BCUT2D eigenvalue weighted by Crippen LogP contribution is 2.31. The van der Waals surface area contributed by atoms with Crippen molar-refractivity contribution in [2.75, 3.05) is 16.2 Å². The molecule has 0 unspecified atom stereocenters. The third-order valence-electron chi connectivity index (χ3n) is 5.27. The standard InChI is InChI=1S/C24H22N2O4S/c1-17(27)19-9-5-11-21(15-19)25-31(29,30)22-12-13-23-20(16-22)10-6-14-26(23)24(28)18-7-3-2-4-8-18/h2-5,7-9,11-13,15-16,25H,6,10,14H2,1H3. The normalized spacial score (nSPS) is 13.4. The molecule has 7 heteroatoms. The third kappa shape index (κ3) is 4.36. The molecule has 31 heavy (non-hydrogen) atoms. The zero-order chi connectivity index (χ0) is 22.0. The van der Waals surface area contributed by atoms with E-state index >= 15 is 0 Å². The summed E-state index contributed by atoms with van der Waals surface area (Å²) < 4.78 is 28.4. The second-order valence-electron chi connectivity index (χ2n) is 7.46. The number of aryl methyl sites for hydroxylation is 1. The zero-order valence-electron chi connectivity index (χ0n) is 17.0. The molecule has 0 aromatic heterocycles. The highest BCUT2D eigenvalue weighted by Gasteiger charge is 2.25. The van der Waals surface area contributed by atoms with Crippen molar-refractivity contribution in [3.8, 4) is 0 Å². The minimum absolute atomic E-state index is 0.101. The molecular formula is C24H22N2O4S. The molecule has 3 aromatic rings. The van der Waals surface area contributed by atoms with Gasteiger partial charge in [-0.3, -0.25) is 14.3 Å². The van der Waals surface area contributed by atoms with Gasteiger partial charge < -0.3 is 4.90 Å². The number of rotatable bonds is 5. The van der Waals surface area contributed by atoms with Crippen molar-refractivity contribution in [1.29, 1.82) is 0 Å². The second kappa shape index (κ2) is 8.35. The van der Waals surface area contributed by atoms with Crippen LogP contribution in [0.15, 0.2) is 77.7 Å². The Morgan fingerprint density at radius 3 is 2.39 bits per heavy atom. The molecule has 4 rings (SSSR count). The van der Waals surface area contributed by atoms with E-state index in [-0.39, 0.29) is 16.6 Å². The topological polar surface area (TPSA) is 83.6 Å². The number of Topliss-reactive ketones (excluding diaryl/α,β-unsaturated/α-hetero) is 1. The first kappa shape index (κ1) is 20.8. The molecule has 0 radical (unpaired) electrons. The number of carbonyl (C=O) groups is 2. The van der Waals surface area contributed by atoms with Crippen LogP contribution in [0.5, 0.6) is 0 Å². The van der Waals surface area contributed by atoms with Gasteiger partial charge in [-0.1, -0.05) is 30.3 Å². The first-order valence-corrected chi connectivity index (χ1v) is 11.5. The summed E-state index contributed by atoms with van der Waals surface area (Å²) in [7, 11) is -3.84. The smallest absolute Gasteiger partial charge is 0.261 e. The Morgan fingerprint density at radius 1 is 0.903 bits per heavy atom. The van der Waals surface area contributed by atoms with Crippen molar-refractivity contribution in [3.05, 3.63) is 89.5 Å². The van der Waals surface area contributed by atoms with Gasteiger partial charge in [0.25, 0.3) is 15.9 Å². The van der Waals surface area contributed by atoms with Crippen molar-refractivity contribution in [1.82, 2.24) is 0 Å². The number of hydrogen-bond donors (Lipinski definition) is 1. The third-order valence-corrected chi connectivity index (χ3v) is 6.65. The number of anilines is 2. The molecule has 1 N–H and O–H groups in total. The summed E-state index contributed by atoms with van der Waals surface area (Å²) in [6.07, 6.45) is 1.44. The average Bonchev–Trinajstić information content (AvgIpc) is 2.78. The van der Waals surface area contributed by atoms with Gasteiger partial charge in [-0.2, -0.15) is 0 Å². The fraction of sp³-hybridized carbons (Fsp3) is 0.167. The van der Waals surface area contributed by atoms with Crippen LogP contribution in [0.1, 0.15) is 39.6 Å². The van der Waals surface area contributed by atoms with Crippen LogP contribution in [0.2, 0.25) is 0 Å². The van der Waals surface area contributed by atoms with Gasteiger partial charge in [0.2, 0.25) is 0 Å². The van der Waals surface area contributed by atoms with Crippen LogP contribution in [0.4, 0.5) is 11.4 Å². The zero-order valence-corrected chi connectivity index (χ0v) is 17.9. The minimum atomic E-state index is -3.84. The maximum Gasteiger partial charge on any atom is 0.261 e. The van der Waals surface area contributed by atoms with E-state index < -0.39 is 10.0 Å². The van der Waals surface area contributed by atoms with E-state index in [1.54, 1.807) is 47.4 Å². The molecule has 0 aliphatic carbocycles. The number of sulfonamides is 1. The number of amides is 1. The van der Waals surface area contributed by atoms with Crippen molar-refractivity contribution in [2.24, 2.45) is 0 Å². The highest BCUT2D eigenvalue weighted by atomic mass is 32.2. The summed E-state index contributed by atoms with van der Waals surface area (Å²) in [4.78, 5) is 26.3. The van der Waals surface area contributed by atoms with Crippen LogP contribution >= 0.6 is 0 Å². The molecular weight excluding hydrogens is 412 g/mol. The first-order valence-electron chi connectivity index (χ1n) is 9.99. The quantitative estimate of drug-likeness (QED) is 0.608. The van der Waals surface area contributed by atoms with Crippen LogP contribution in [0, 0.1) is 0 Å². The fourth-order valence-electron chi connectivity index (χ4n) is 3.70. The van der Waals surface area contributed by atoms with Crippen LogP contribution in [0.25, 0.3) is 0 Å². The van der Waals surface area contributed by atoms with Crippen LogP contribution < -0.4 is 9.62 Å². The molecule has 0 atom stereocenters. The van der Waals surface area contributed by atoms with Gasteiger partial charge in [-0.25, -0.2) is 8.42 Å². The van der Waals surface area contributed by atoms with E-state index in [0.717, 1.165) is 17.7 Å².